The van der Waals surface area contributed by atoms with Crippen molar-refractivity contribution in [1.82, 2.24) is 0 Å². The first-order chi connectivity index (χ1) is 6.60. The highest BCUT2D eigenvalue weighted by molar-refractivity contribution is 5.70. The standard InChI is InChI=1S/C10H16O4/c1-4-9(11)13-6-8(3)7-14-10(12)5-2/h6H,4-5,7H2,1-3H3/b8-6+. The van der Waals surface area contributed by atoms with Crippen LogP contribution in [0.4, 0.5) is 0 Å². The predicted molar refractivity (Wildman–Crippen MR) is 51.4 cm³/mol. The van der Waals surface area contributed by atoms with E-state index in [1.165, 1.54) is 6.26 Å². The summed E-state index contributed by atoms with van der Waals surface area (Å²) in [4.78, 5) is 21.5. The molecule has 0 aromatic rings. The van der Waals surface area contributed by atoms with Crippen molar-refractivity contribution < 1.29 is 19.1 Å². The van der Waals surface area contributed by atoms with Crippen LogP contribution in [-0.2, 0) is 19.1 Å². The van der Waals surface area contributed by atoms with Gasteiger partial charge >= 0.3 is 11.9 Å². The third-order valence-corrected chi connectivity index (χ3v) is 1.43. The molecule has 0 spiro atoms. The van der Waals surface area contributed by atoms with Gasteiger partial charge in [-0.15, -0.1) is 0 Å². The Kier molecular flexibility index (Phi) is 6.45. The predicted octanol–water partition coefficient (Wildman–Crippen LogP) is 1.80. The molecule has 4 nitrogen and oxygen atoms in total. The molecule has 0 aromatic heterocycles. The third kappa shape index (κ3) is 6.22. The van der Waals surface area contributed by atoms with Gasteiger partial charge in [-0.1, -0.05) is 13.8 Å². The van der Waals surface area contributed by atoms with Gasteiger partial charge in [0.15, 0.2) is 0 Å². The van der Waals surface area contributed by atoms with Gasteiger partial charge in [-0.05, 0) is 12.5 Å². The number of hydrogen-bond acceptors (Lipinski definition) is 4. The molecule has 0 N–H and O–H groups in total. The number of ether oxygens (including phenoxy) is 2. The van der Waals surface area contributed by atoms with Crippen molar-refractivity contribution in [2.24, 2.45) is 0 Å². The molecule has 0 aliphatic heterocycles. The molecule has 0 fully saturated rings. The summed E-state index contributed by atoms with van der Waals surface area (Å²) in [5, 5.41) is 0. The first kappa shape index (κ1) is 12.7. The summed E-state index contributed by atoms with van der Waals surface area (Å²) in [5.41, 5.74) is 0.702. The fourth-order valence-corrected chi connectivity index (χ4v) is 0.580. The highest BCUT2D eigenvalue weighted by Crippen LogP contribution is 1.97. The SMILES string of the molecule is CCC(=O)O/C=C(\C)COC(=O)CC. The molecule has 0 saturated heterocycles. The van der Waals surface area contributed by atoms with Crippen LogP contribution in [0.1, 0.15) is 33.6 Å². The van der Waals surface area contributed by atoms with Gasteiger partial charge in [-0.3, -0.25) is 9.59 Å². The van der Waals surface area contributed by atoms with Crippen molar-refractivity contribution in [1.29, 1.82) is 0 Å². The molecule has 80 valence electrons. The van der Waals surface area contributed by atoms with E-state index in [1.54, 1.807) is 20.8 Å². The molecule has 0 saturated carbocycles. The third-order valence-electron chi connectivity index (χ3n) is 1.43. The van der Waals surface area contributed by atoms with E-state index in [2.05, 4.69) is 0 Å². The molecule has 0 atom stereocenters. The van der Waals surface area contributed by atoms with E-state index >= 15 is 0 Å². The van der Waals surface area contributed by atoms with Gasteiger partial charge in [0.25, 0.3) is 0 Å². The van der Waals surface area contributed by atoms with Crippen LogP contribution in [0.3, 0.4) is 0 Å². The average Bonchev–Trinajstić information content (AvgIpc) is 2.22. The second-order valence-electron chi connectivity index (χ2n) is 2.82. The number of carbonyl (C=O) groups is 2. The Hall–Kier alpha value is -1.32. The van der Waals surface area contributed by atoms with Crippen LogP contribution in [0.15, 0.2) is 11.8 Å². The van der Waals surface area contributed by atoms with Gasteiger partial charge in [-0.2, -0.15) is 0 Å². The van der Waals surface area contributed by atoms with E-state index in [4.69, 9.17) is 9.47 Å². The van der Waals surface area contributed by atoms with Crippen molar-refractivity contribution in [2.45, 2.75) is 33.6 Å². The first-order valence-electron chi connectivity index (χ1n) is 4.60. The molecule has 0 aliphatic carbocycles. The van der Waals surface area contributed by atoms with Gasteiger partial charge in [0, 0.05) is 12.8 Å². The van der Waals surface area contributed by atoms with Gasteiger partial charge in [0.2, 0.25) is 0 Å². The Labute approximate surface area is 83.9 Å². The Morgan fingerprint density at radius 3 is 2.21 bits per heavy atom. The minimum absolute atomic E-state index is 0.170. The molecule has 14 heavy (non-hydrogen) atoms. The Morgan fingerprint density at radius 2 is 1.71 bits per heavy atom. The summed E-state index contributed by atoms with van der Waals surface area (Å²) in [6.45, 7) is 5.33. The topological polar surface area (TPSA) is 52.6 Å². The monoisotopic (exact) mass is 200 g/mol. The van der Waals surface area contributed by atoms with Crippen molar-refractivity contribution in [2.75, 3.05) is 6.61 Å². The highest BCUT2D eigenvalue weighted by Gasteiger charge is 2.00. The number of esters is 2. The van der Waals surface area contributed by atoms with Crippen LogP contribution >= 0.6 is 0 Å². The van der Waals surface area contributed by atoms with E-state index in [0.717, 1.165) is 0 Å². The Morgan fingerprint density at radius 1 is 1.14 bits per heavy atom. The van der Waals surface area contributed by atoms with E-state index in [0.29, 0.717) is 18.4 Å². The summed E-state index contributed by atoms with van der Waals surface area (Å²) < 4.78 is 9.55. The molecular weight excluding hydrogens is 184 g/mol. The molecular formula is C10H16O4. The lowest BCUT2D eigenvalue weighted by Gasteiger charge is -2.03. The van der Waals surface area contributed by atoms with Crippen LogP contribution in [0, 0.1) is 0 Å². The quantitative estimate of drug-likeness (QED) is 0.501. The second kappa shape index (κ2) is 7.12. The van der Waals surface area contributed by atoms with Crippen molar-refractivity contribution in [3.05, 3.63) is 11.8 Å². The molecule has 0 aromatic carbocycles. The molecule has 0 radical (unpaired) electrons. The lowest BCUT2D eigenvalue weighted by atomic mass is 10.4. The summed E-state index contributed by atoms with van der Waals surface area (Å²) in [7, 11) is 0. The molecule has 4 heteroatoms. The van der Waals surface area contributed by atoms with Gasteiger partial charge < -0.3 is 9.47 Å². The summed E-state index contributed by atoms with van der Waals surface area (Å²) in [5.74, 6) is -0.564. The van der Waals surface area contributed by atoms with Crippen LogP contribution < -0.4 is 0 Å². The maximum Gasteiger partial charge on any atom is 0.310 e. The minimum atomic E-state index is -0.300. The maximum absolute atomic E-state index is 10.8. The molecule has 0 bridgehead atoms. The molecule has 0 rings (SSSR count). The fraction of sp³-hybridized carbons (Fsp3) is 0.600. The number of rotatable bonds is 5. The molecule has 0 aliphatic rings. The zero-order valence-corrected chi connectivity index (χ0v) is 8.83. The first-order valence-corrected chi connectivity index (χ1v) is 4.60. The van der Waals surface area contributed by atoms with Crippen molar-refractivity contribution in [3.8, 4) is 0 Å². The highest BCUT2D eigenvalue weighted by atomic mass is 16.5. The van der Waals surface area contributed by atoms with Crippen LogP contribution in [0.25, 0.3) is 0 Å². The zero-order chi connectivity index (χ0) is 11.0. The summed E-state index contributed by atoms with van der Waals surface area (Å²) in [6, 6.07) is 0. The van der Waals surface area contributed by atoms with Crippen molar-refractivity contribution >= 4 is 11.9 Å². The normalized spacial score (nSPS) is 10.9. The summed E-state index contributed by atoms with van der Waals surface area (Å²) in [6.07, 6.45) is 2.00. The van der Waals surface area contributed by atoms with Crippen molar-refractivity contribution in [3.63, 3.8) is 0 Å². The Bertz CT molecular complexity index is 230. The number of carbonyl (C=O) groups excluding carboxylic acids is 2. The van der Waals surface area contributed by atoms with Gasteiger partial charge in [-0.25, -0.2) is 0 Å². The van der Waals surface area contributed by atoms with E-state index in [-0.39, 0.29) is 18.5 Å². The van der Waals surface area contributed by atoms with Gasteiger partial charge in [0.1, 0.15) is 6.61 Å². The Balaban J connectivity index is 3.78. The van der Waals surface area contributed by atoms with Gasteiger partial charge in [0.05, 0.1) is 6.26 Å². The van der Waals surface area contributed by atoms with Crippen LogP contribution in [0.2, 0.25) is 0 Å². The van der Waals surface area contributed by atoms with E-state index in [9.17, 15) is 9.59 Å². The molecule has 0 amide bonds. The zero-order valence-electron chi connectivity index (χ0n) is 8.83. The fourth-order valence-electron chi connectivity index (χ4n) is 0.580. The second-order valence-corrected chi connectivity index (χ2v) is 2.82. The van der Waals surface area contributed by atoms with E-state index in [1.807, 2.05) is 0 Å². The molecule has 0 heterocycles. The lowest BCUT2D eigenvalue weighted by Crippen LogP contribution is -2.05. The van der Waals surface area contributed by atoms with Crippen LogP contribution in [-0.4, -0.2) is 18.5 Å². The lowest BCUT2D eigenvalue weighted by molar-refractivity contribution is -0.142. The summed E-state index contributed by atoms with van der Waals surface area (Å²) >= 11 is 0. The smallest absolute Gasteiger partial charge is 0.310 e. The number of hydrogen-bond donors (Lipinski definition) is 0. The minimum Gasteiger partial charge on any atom is -0.461 e. The largest absolute Gasteiger partial charge is 0.461 e. The average molecular weight is 200 g/mol. The maximum atomic E-state index is 10.8. The van der Waals surface area contributed by atoms with Crippen LogP contribution in [0.5, 0.6) is 0 Å². The van der Waals surface area contributed by atoms with E-state index < -0.39 is 0 Å². The molecule has 0 unspecified atom stereocenters.